The van der Waals surface area contributed by atoms with Crippen molar-refractivity contribution in [2.75, 3.05) is 19.8 Å². The molecule has 2 aliphatic rings. The Hall–Kier alpha value is -0.120. The molecule has 0 unspecified atom stereocenters. The molecule has 2 fully saturated rings. The summed E-state index contributed by atoms with van der Waals surface area (Å²) in [4.78, 5) is 0. The highest BCUT2D eigenvalue weighted by molar-refractivity contribution is 4.79. The highest BCUT2D eigenvalue weighted by Crippen LogP contribution is 2.29. The van der Waals surface area contributed by atoms with Crippen LogP contribution in [0.3, 0.4) is 0 Å². The van der Waals surface area contributed by atoms with Gasteiger partial charge in [-0.25, -0.2) is 0 Å². The van der Waals surface area contributed by atoms with Crippen LogP contribution in [0.25, 0.3) is 0 Å². The van der Waals surface area contributed by atoms with Crippen LogP contribution in [-0.4, -0.2) is 32.0 Å². The molecule has 70 valence electrons. The zero-order valence-electron chi connectivity index (χ0n) is 7.37. The maximum absolute atomic E-state index is 5.88. The maximum Gasteiger partial charge on any atom is 0.0959 e. The van der Waals surface area contributed by atoms with Gasteiger partial charge in [-0.3, -0.25) is 0 Å². The van der Waals surface area contributed by atoms with Crippen LogP contribution in [0.5, 0.6) is 0 Å². The third-order valence-corrected chi connectivity index (χ3v) is 2.60. The number of rotatable bonds is 3. The fraction of sp³-hybridized carbons (Fsp3) is 1.00. The predicted octanol–water partition coefficient (Wildman–Crippen LogP) is 0.529. The van der Waals surface area contributed by atoms with Crippen molar-refractivity contribution in [2.45, 2.75) is 31.4 Å². The molecule has 1 saturated carbocycles. The van der Waals surface area contributed by atoms with Crippen molar-refractivity contribution in [3.63, 3.8) is 0 Å². The SMILES string of the molecule is N[C@H]1CCOC[C@H]1OCC1CC1. The van der Waals surface area contributed by atoms with Gasteiger partial charge in [-0.05, 0) is 25.2 Å². The van der Waals surface area contributed by atoms with Crippen molar-refractivity contribution in [3.8, 4) is 0 Å². The van der Waals surface area contributed by atoms with Crippen molar-refractivity contribution in [1.82, 2.24) is 0 Å². The third-order valence-electron chi connectivity index (χ3n) is 2.60. The Kier molecular flexibility index (Phi) is 2.63. The van der Waals surface area contributed by atoms with E-state index < -0.39 is 0 Å². The largest absolute Gasteiger partial charge is 0.379 e. The minimum Gasteiger partial charge on any atom is -0.379 e. The van der Waals surface area contributed by atoms with E-state index in [0.29, 0.717) is 6.61 Å². The molecule has 3 heteroatoms. The summed E-state index contributed by atoms with van der Waals surface area (Å²) in [5.41, 5.74) is 5.88. The fourth-order valence-corrected chi connectivity index (χ4v) is 1.44. The normalized spacial score (nSPS) is 36.8. The number of hydrogen-bond acceptors (Lipinski definition) is 3. The Balaban J connectivity index is 1.68. The van der Waals surface area contributed by atoms with Crippen LogP contribution in [0.1, 0.15) is 19.3 Å². The molecular formula is C9H17NO2. The van der Waals surface area contributed by atoms with Gasteiger partial charge in [0.2, 0.25) is 0 Å². The first-order valence-electron chi connectivity index (χ1n) is 4.81. The van der Waals surface area contributed by atoms with Crippen molar-refractivity contribution in [2.24, 2.45) is 11.7 Å². The first-order valence-corrected chi connectivity index (χ1v) is 4.81. The molecule has 2 N–H and O–H groups in total. The minimum atomic E-state index is 0.152. The van der Waals surface area contributed by atoms with Gasteiger partial charge < -0.3 is 15.2 Å². The Morgan fingerprint density at radius 3 is 2.83 bits per heavy atom. The third kappa shape index (κ3) is 2.19. The molecule has 2 atom stereocenters. The lowest BCUT2D eigenvalue weighted by Crippen LogP contribution is -2.44. The van der Waals surface area contributed by atoms with Gasteiger partial charge in [-0.1, -0.05) is 0 Å². The number of hydrogen-bond donors (Lipinski definition) is 1. The summed E-state index contributed by atoms with van der Waals surface area (Å²) in [7, 11) is 0. The molecule has 1 aliphatic heterocycles. The molecule has 0 amide bonds. The lowest BCUT2D eigenvalue weighted by molar-refractivity contribution is -0.0639. The standard InChI is InChI=1S/C9H17NO2/c10-8-3-4-11-6-9(8)12-5-7-1-2-7/h7-9H,1-6,10H2/t8-,9+/m0/s1. The second-order valence-electron chi connectivity index (χ2n) is 3.84. The molecule has 1 aliphatic carbocycles. The Bertz CT molecular complexity index is 147. The van der Waals surface area contributed by atoms with E-state index in [4.69, 9.17) is 15.2 Å². The molecule has 0 aromatic heterocycles. The Morgan fingerprint density at radius 2 is 2.17 bits per heavy atom. The lowest BCUT2D eigenvalue weighted by Gasteiger charge is -2.28. The summed E-state index contributed by atoms with van der Waals surface area (Å²) in [5.74, 6) is 0.819. The van der Waals surface area contributed by atoms with E-state index in [1.165, 1.54) is 12.8 Å². The topological polar surface area (TPSA) is 44.5 Å². The Labute approximate surface area is 73.2 Å². The number of nitrogens with two attached hydrogens (primary N) is 1. The average Bonchev–Trinajstić information content (AvgIpc) is 2.86. The molecule has 1 heterocycles. The van der Waals surface area contributed by atoms with Crippen LogP contribution in [-0.2, 0) is 9.47 Å². The molecule has 2 rings (SSSR count). The van der Waals surface area contributed by atoms with Gasteiger partial charge in [0, 0.05) is 19.3 Å². The highest BCUT2D eigenvalue weighted by atomic mass is 16.5. The van der Waals surface area contributed by atoms with Crippen molar-refractivity contribution in [3.05, 3.63) is 0 Å². The van der Waals surface area contributed by atoms with Gasteiger partial charge in [0.05, 0.1) is 12.7 Å². The van der Waals surface area contributed by atoms with Crippen LogP contribution in [0, 0.1) is 5.92 Å². The summed E-state index contributed by atoms with van der Waals surface area (Å²) in [6, 6.07) is 0.192. The van der Waals surface area contributed by atoms with Gasteiger partial charge >= 0.3 is 0 Å². The molecule has 1 saturated heterocycles. The van der Waals surface area contributed by atoms with Crippen molar-refractivity contribution >= 4 is 0 Å². The first kappa shape index (κ1) is 8.48. The molecule has 3 nitrogen and oxygen atoms in total. The van der Waals surface area contributed by atoms with Gasteiger partial charge in [0.1, 0.15) is 0 Å². The fourth-order valence-electron chi connectivity index (χ4n) is 1.44. The summed E-state index contributed by atoms with van der Waals surface area (Å²) in [5, 5.41) is 0. The van der Waals surface area contributed by atoms with Crippen LogP contribution in [0.4, 0.5) is 0 Å². The highest BCUT2D eigenvalue weighted by Gasteiger charge is 2.27. The van der Waals surface area contributed by atoms with Gasteiger partial charge in [0.25, 0.3) is 0 Å². The number of ether oxygens (including phenoxy) is 2. The Morgan fingerprint density at radius 1 is 1.33 bits per heavy atom. The van der Waals surface area contributed by atoms with Crippen LogP contribution < -0.4 is 5.73 Å². The van der Waals surface area contributed by atoms with E-state index in [1.54, 1.807) is 0 Å². The van der Waals surface area contributed by atoms with Crippen LogP contribution in [0.2, 0.25) is 0 Å². The zero-order chi connectivity index (χ0) is 8.39. The van der Waals surface area contributed by atoms with E-state index in [1.807, 2.05) is 0 Å². The van der Waals surface area contributed by atoms with Gasteiger partial charge in [-0.15, -0.1) is 0 Å². The smallest absolute Gasteiger partial charge is 0.0959 e. The molecule has 0 radical (unpaired) electrons. The molecule has 12 heavy (non-hydrogen) atoms. The summed E-state index contributed by atoms with van der Waals surface area (Å²) < 4.78 is 11.0. The van der Waals surface area contributed by atoms with Crippen molar-refractivity contribution in [1.29, 1.82) is 0 Å². The van der Waals surface area contributed by atoms with E-state index in [9.17, 15) is 0 Å². The van der Waals surface area contributed by atoms with Crippen LogP contribution in [0.15, 0.2) is 0 Å². The lowest BCUT2D eigenvalue weighted by atomic mass is 10.1. The predicted molar refractivity (Wildman–Crippen MR) is 45.9 cm³/mol. The zero-order valence-corrected chi connectivity index (χ0v) is 7.37. The molecule has 0 aromatic rings. The van der Waals surface area contributed by atoms with E-state index in [2.05, 4.69) is 0 Å². The van der Waals surface area contributed by atoms with Gasteiger partial charge in [0.15, 0.2) is 0 Å². The second-order valence-corrected chi connectivity index (χ2v) is 3.84. The summed E-state index contributed by atoms with van der Waals surface area (Å²) in [6.07, 6.45) is 3.76. The summed E-state index contributed by atoms with van der Waals surface area (Å²) >= 11 is 0. The average molecular weight is 171 g/mol. The van der Waals surface area contributed by atoms with E-state index in [0.717, 1.165) is 25.6 Å². The van der Waals surface area contributed by atoms with E-state index >= 15 is 0 Å². The van der Waals surface area contributed by atoms with E-state index in [-0.39, 0.29) is 12.1 Å². The minimum absolute atomic E-state index is 0.152. The monoisotopic (exact) mass is 171 g/mol. The quantitative estimate of drug-likeness (QED) is 0.673. The molecular weight excluding hydrogens is 154 g/mol. The summed E-state index contributed by atoms with van der Waals surface area (Å²) in [6.45, 7) is 2.38. The molecule has 0 aromatic carbocycles. The molecule has 0 bridgehead atoms. The van der Waals surface area contributed by atoms with Crippen molar-refractivity contribution < 1.29 is 9.47 Å². The van der Waals surface area contributed by atoms with Gasteiger partial charge in [-0.2, -0.15) is 0 Å². The van der Waals surface area contributed by atoms with Crippen LogP contribution >= 0.6 is 0 Å². The first-order chi connectivity index (χ1) is 5.86. The molecule has 0 spiro atoms. The maximum atomic E-state index is 5.88. The second kappa shape index (κ2) is 3.73.